The van der Waals surface area contributed by atoms with Crippen molar-refractivity contribution in [3.8, 4) is 0 Å². The molecule has 19 heavy (non-hydrogen) atoms. The van der Waals surface area contributed by atoms with E-state index in [1.54, 1.807) is 11.9 Å². The highest BCUT2D eigenvalue weighted by molar-refractivity contribution is 5.78. The molecule has 0 saturated carbocycles. The molecule has 5 heteroatoms. The summed E-state index contributed by atoms with van der Waals surface area (Å²) in [5, 5.41) is 3.85. The van der Waals surface area contributed by atoms with Crippen LogP contribution in [0.5, 0.6) is 0 Å². The summed E-state index contributed by atoms with van der Waals surface area (Å²) >= 11 is 0. The molecular weight excluding hydrogens is 244 g/mol. The van der Waals surface area contributed by atoms with Gasteiger partial charge in [-0.1, -0.05) is 5.16 Å². The summed E-state index contributed by atoms with van der Waals surface area (Å²) in [5.41, 5.74) is 1.64. The van der Waals surface area contributed by atoms with Gasteiger partial charge in [0.2, 0.25) is 5.91 Å². The first-order chi connectivity index (χ1) is 8.97. The van der Waals surface area contributed by atoms with E-state index in [1.807, 2.05) is 32.9 Å². The summed E-state index contributed by atoms with van der Waals surface area (Å²) < 4.78 is 10.5. The minimum Gasteiger partial charge on any atom is -0.464 e. The third kappa shape index (κ3) is 3.05. The Morgan fingerprint density at radius 1 is 1.32 bits per heavy atom. The Morgan fingerprint density at radius 2 is 2.05 bits per heavy atom. The second-order valence-corrected chi connectivity index (χ2v) is 4.74. The number of aromatic nitrogens is 1. The highest BCUT2D eigenvalue weighted by atomic mass is 16.5. The van der Waals surface area contributed by atoms with Gasteiger partial charge < -0.3 is 13.8 Å². The van der Waals surface area contributed by atoms with Crippen LogP contribution in [-0.2, 0) is 17.8 Å². The standard InChI is InChI=1S/C14H18N2O3/c1-9-5-6-12(18-9)8-16(4)14(17)7-13-10(2)15-19-11(13)3/h5-6H,7-8H2,1-4H3. The lowest BCUT2D eigenvalue weighted by atomic mass is 10.1. The van der Waals surface area contributed by atoms with Gasteiger partial charge in [0.1, 0.15) is 17.3 Å². The zero-order valence-electron chi connectivity index (χ0n) is 11.7. The maximum absolute atomic E-state index is 12.1. The third-order valence-corrected chi connectivity index (χ3v) is 3.12. The van der Waals surface area contributed by atoms with Crippen molar-refractivity contribution in [1.82, 2.24) is 10.1 Å². The topological polar surface area (TPSA) is 59.5 Å². The van der Waals surface area contributed by atoms with Crippen LogP contribution in [0.3, 0.4) is 0 Å². The lowest BCUT2D eigenvalue weighted by Crippen LogP contribution is -2.27. The summed E-state index contributed by atoms with van der Waals surface area (Å²) in [7, 11) is 1.76. The van der Waals surface area contributed by atoms with Gasteiger partial charge in [0.25, 0.3) is 0 Å². The van der Waals surface area contributed by atoms with Crippen LogP contribution in [0.2, 0.25) is 0 Å². The predicted octanol–water partition coefficient (Wildman–Crippen LogP) is 2.39. The predicted molar refractivity (Wildman–Crippen MR) is 69.6 cm³/mol. The molecule has 2 rings (SSSR count). The monoisotopic (exact) mass is 262 g/mol. The van der Waals surface area contributed by atoms with Gasteiger partial charge in [-0.05, 0) is 32.9 Å². The van der Waals surface area contributed by atoms with Crippen LogP contribution in [0.1, 0.15) is 28.5 Å². The van der Waals surface area contributed by atoms with Gasteiger partial charge in [0.05, 0.1) is 18.7 Å². The fourth-order valence-corrected chi connectivity index (χ4v) is 1.93. The van der Waals surface area contributed by atoms with Gasteiger partial charge in [-0.2, -0.15) is 0 Å². The zero-order chi connectivity index (χ0) is 14.0. The van der Waals surface area contributed by atoms with E-state index in [0.717, 1.165) is 22.8 Å². The number of hydrogen-bond acceptors (Lipinski definition) is 4. The molecule has 1 amide bonds. The molecule has 5 nitrogen and oxygen atoms in total. The van der Waals surface area contributed by atoms with Gasteiger partial charge in [-0.15, -0.1) is 0 Å². The molecule has 0 atom stereocenters. The van der Waals surface area contributed by atoms with E-state index in [2.05, 4.69) is 5.16 Å². The SMILES string of the molecule is Cc1ccc(CN(C)C(=O)Cc2c(C)noc2C)o1. The fraction of sp³-hybridized carbons (Fsp3) is 0.429. The number of furan rings is 1. The van der Waals surface area contributed by atoms with Gasteiger partial charge in [-0.3, -0.25) is 4.79 Å². The molecular formula is C14H18N2O3. The smallest absolute Gasteiger partial charge is 0.227 e. The van der Waals surface area contributed by atoms with Crippen molar-refractivity contribution in [1.29, 1.82) is 0 Å². The van der Waals surface area contributed by atoms with Crippen molar-refractivity contribution in [2.45, 2.75) is 33.7 Å². The van der Waals surface area contributed by atoms with Gasteiger partial charge >= 0.3 is 0 Å². The van der Waals surface area contributed by atoms with E-state index in [0.29, 0.717) is 18.7 Å². The summed E-state index contributed by atoms with van der Waals surface area (Å²) in [4.78, 5) is 13.8. The highest BCUT2D eigenvalue weighted by Crippen LogP contribution is 2.15. The number of carbonyl (C=O) groups excluding carboxylic acids is 1. The maximum atomic E-state index is 12.1. The Labute approximate surface area is 112 Å². The number of amides is 1. The first-order valence-electron chi connectivity index (χ1n) is 6.18. The Morgan fingerprint density at radius 3 is 2.58 bits per heavy atom. The molecule has 0 fully saturated rings. The molecule has 0 aliphatic heterocycles. The molecule has 0 unspecified atom stereocenters. The Hall–Kier alpha value is -2.04. The van der Waals surface area contributed by atoms with Crippen LogP contribution in [0, 0.1) is 20.8 Å². The first-order valence-corrected chi connectivity index (χ1v) is 6.18. The Kier molecular flexibility index (Phi) is 3.74. The molecule has 0 bridgehead atoms. The van der Waals surface area contributed by atoms with Crippen LogP contribution in [-0.4, -0.2) is 23.0 Å². The van der Waals surface area contributed by atoms with Crippen molar-refractivity contribution < 1.29 is 13.7 Å². The highest BCUT2D eigenvalue weighted by Gasteiger charge is 2.17. The Balaban J connectivity index is 2.00. The summed E-state index contributed by atoms with van der Waals surface area (Å²) in [6, 6.07) is 3.77. The van der Waals surface area contributed by atoms with E-state index in [4.69, 9.17) is 8.94 Å². The van der Waals surface area contributed by atoms with Crippen LogP contribution < -0.4 is 0 Å². The molecule has 102 valence electrons. The normalized spacial score (nSPS) is 10.7. The van der Waals surface area contributed by atoms with Gasteiger partial charge in [-0.25, -0.2) is 0 Å². The van der Waals surface area contributed by atoms with E-state index in [9.17, 15) is 4.79 Å². The molecule has 0 N–H and O–H groups in total. The number of nitrogens with zero attached hydrogens (tertiary/aromatic N) is 2. The number of rotatable bonds is 4. The summed E-state index contributed by atoms with van der Waals surface area (Å²) in [6.07, 6.45) is 0.303. The number of carbonyl (C=O) groups is 1. The summed E-state index contributed by atoms with van der Waals surface area (Å²) in [5.74, 6) is 2.35. The number of hydrogen-bond donors (Lipinski definition) is 0. The quantitative estimate of drug-likeness (QED) is 0.848. The molecule has 0 spiro atoms. The molecule has 0 aromatic carbocycles. The third-order valence-electron chi connectivity index (χ3n) is 3.12. The molecule has 0 saturated heterocycles. The van der Waals surface area contributed by atoms with Crippen molar-refractivity contribution in [3.05, 3.63) is 40.7 Å². The van der Waals surface area contributed by atoms with Gasteiger partial charge in [0, 0.05) is 12.6 Å². The van der Waals surface area contributed by atoms with Crippen molar-refractivity contribution >= 4 is 5.91 Å². The maximum Gasteiger partial charge on any atom is 0.227 e. The molecule has 2 heterocycles. The molecule has 0 radical (unpaired) electrons. The molecule has 0 aliphatic carbocycles. The molecule has 2 aromatic rings. The number of aryl methyl sites for hydroxylation is 3. The average molecular weight is 262 g/mol. The summed E-state index contributed by atoms with van der Waals surface area (Å²) in [6.45, 7) is 6.01. The van der Waals surface area contributed by atoms with Crippen molar-refractivity contribution in [3.63, 3.8) is 0 Å². The van der Waals surface area contributed by atoms with E-state index < -0.39 is 0 Å². The largest absolute Gasteiger partial charge is 0.464 e. The van der Waals surface area contributed by atoms with Crippen molar-refractivity contribution in [2.24, 2.45) is 0 Å². The van der Waals surface area contributed by atoms with E-state index >= 15 is 0 Å². The number of likely N-dealkylation sites (N-methyl/N-ethyl adjacent to an activating group) is 1. The zero-order valence-corrected chi connectivity index (χ0v) is 11.7. The minimum atomic E-state index is 0.0171. The van der Waals surface area contributed by atoms with Crippen LogP contribution in [0.25, 0.3) is 0 Å². The first kappa shape index (κ1) is 13.4. The lowest BCUT2D eigenvalue weighted by Gasteiger charge is -2.15. The lowest BCUT2D eigenvalue weighted by molar-refractivity contribution is -0.129. The second kappa shape index (κ2) is 5.30. The fourth-order valence-electron chi connectivity index (χ4n) is 1.93. The van der Waals surface area contributed by atoms with Crippen molar-refractivity contribution in [2.75, 3.05) is 7.05 Å². The molecule has 2 aromatic heterocycles. The minimum absolute atomic E-state index is 0.0171. The molecule has 0 aliphatic rings. The van der Waals surface area contributed by atoms with Crippen LogP contribution in [0.4, 0.5) is 0 Å². The average Bonchev–Trinajstić information content (AvgIpc) is 2.89. The van der Waals surface area contributed by atoms with E-state index in [1.165, 1.54) is 0 Å². The van der Waals surface area contributed by atoms with Crippen LogP contribution >= 0.6 is 0 Å². The second-order valence-electron chi connectivity index (χ2n) is 4.74. The van der Waals surface area contributed by atoms with Crippen LogP contribution in [0.15, 0.2) is 21.1 Å². The van der Waals surface area contributed by atoms with Gasteiger partial charge in [0.15, 0.2) is 0 Å². The Bertz CT molecular complexity index is 564. The van der Waals surface area contributed by atoms with E-state index in [-0.39, 0.29) is 5.91 Å².